The smallest absolute Gasteiger partial charge is 0.335 e. The quantitative estimate of drug-likeness (QED) is 0.0965. The van der Waals surface area contributed by atoms with Crippen molar-refractivity contribution < 1.29 is 59.4 Å². The molecule has 4 aliphatic rings. The molecular formula is C39H42N4O13S2. The Labute approximate surface area is 333 Å². The number of hydrogen-bond donors (Lipinski definition) is 4. The van der Waals surface area contributed by atoms with Gasteiger partial charge in [-0.3, -0.25) is 28.5 Å². The second-order valence-corrected chi connectivity index (χ2v) is 18.5. The van der Waals surface area contributed by atoms with Gasteiger partial charge >= 0.3 is 5.97 Å². The Bertz CT molecular complexity index is 2660. The molecule has 19 heteroatoms. The van der Waals surface area contributed by atoms with E-state index in [1.165, 1.54) is 12.1 Å². The molecule has 4 heterocycles. The fourth-order valence-corrected chi connectivity index (χ4v) is 9.16. The lowest BCUT2D eigenvalue weighted by molar-refractivity contribution is -0.198. The largest absolute Gasteiger partial charge is 0.453 e. The first-order chi connectivity index (χ1) is 27.0. The van der Waals surface area contributed by atoms with Gasteiger partial charge in [0, 0.05) is 58.2 Å². The van der Waals surface area contributed by atoms with Crippen LogP contribution < -0.4 is 25.9 Å². The molecule has 1 fully saturated rings. The summed E-state index contributed by atoms with van der Waals surface area (Å²) in [5.74, 6) is -3.21. The number of nitrogens with zero attached hydrogens (tertiary/aromatic N) is 2. The minimum Gasteiger partial charge on any atom is -0.453 e. The van der Waals surface area contributed by atoms with E-state index >= 15 is 0 Å². The molecule has 2 atom stereocenters. The van der Waals surface area contributed by atoms with Crippen molar-refractivity contribution in [3.8, 4) is 11.5 Å². The zero-order valence-corrected chi connectivity index (χ0v) is 34.1. The van der Waals surface area contributed by atoms with E-state index < -0.39 is 70.6 Å². The van der Waals surface area contributed by atoms with E-state index in [1.807, 2.05) is 34.6 Å². The SMILES string of the molecule is CC1N=c2c(cc3c(c2S(=O)(=O)O)Oc2c(cc4c(c2S(=O)(=O)O)NC(C)C4(C)C)C=3c2ccc(C(=O)NCCOCCC(=O)ON3C(=O)CCC3=O)cc2)C1(C)C. The monoisotopic (exact) mass is 838 g/mol. The highest BCUT2D eigenvalue weighted by Gasteiger charge is 2.45. The average molecular weight is 839 g/mol. The summed E-state index contributed by atoms with van der Waals surface area (Å²) in [6.07, 6.45) is -0.278. The molecule has 0 saturated carbocycles. The number of rotatable bonds is 11. The van der Waals surface area contributed by atoms with Crippen molar-refractivity contribution in [3.05, 3.63) is 74.8 Å². The number of hydrogen-bond acceptors (Lipinski definition) is 13. The van der Waals surface area contributed by atoms with E-state index in [0.29, 0.717) is 27.3 Å². The van der Waals surface area contributed by atoms with Crippen LogP contribution in [-0.4, -0.2) is 86.5 Å². The second-order valence-electron chi connectivity index (χ2n) is 15.8. The van der Waals surface area contributed by atoms with Crippen LogP contribution in [-0.2, 0) is 55.0 Å². The van der Waals surface area contributed by atoms with Crippen molar-refractivity contribution in [2.24, 2.45) is 4.99 Å². The summed E-state index contributed by atoms with van der Waals surface area (Å²) in [4.78, 5) is 56.5. The number of benzene rings is 3. The molecule has 0 radical (unpaired) electrons. The maximum absolute atomic E-state index is 13.3. The molecular weight excluding hydrogens is 797 g/mol. The summed E-state index contributed by atoms with van der Waals surface area (Å²) < 4.78 is 86.1. The molecule has 0 bridgehead atoms. The topological polar surface area (TPSA) is 244 Å². The molecule has 17 nitrogen and oxygen atoms in total. The van der Waals surface area contributed by atoms with Crippen molar-refractivity contribution >= 4 is 55.2 Å². The first-order valence-electron chi connectivity index (χ1n) is 18.5. The van der Waals surface area contributed by atoms with Gasteiger partial charge in [-0.15, -0.1) is 5.06 Å². The summed E-state index contributed by atoms with van der Waals surface area (Å²) in [7, 11) is -10.1. The second kappa shape index (κ2) is 14.3. The Kier molecular flexibility index (Phi) is 10.1. The van der Waals surface area contributed by atoms with Crippen LogP contribution in [0.1, 0.15) is 93.4 Å². The summed E-state index contributed by atoms with van der Waals surface area (Å²) in [5, 5.41) is 6.51. The number of fused-ring (bicyclic) bond motifs is 4. The normalized spacial score (nSPS) is 20.0. The maximum Gasteiger partial charge on any atom is 0.335 e. The molecule has 1 saturated heterocycles. The highest BCUT2D eigenvalue weighted by molar-refractivity contribution is 7.86. The van der Waals surface area contributed by atoms with Crippen LogP contribution in [0.5, 0.6) is 11.5 Å². The van der Waals surface area contributed by atoms with Crippen molar-refractivity contribution in [2.75, 3.05) is 25.1 Å². The number of ether oxygens (including phenoxy) is 2. The number of nitrogens with one attached hydrogen (secondary N) is 2. The van der Waals surface area contributed by atoms with E-state index in [9.17, 15) is 45.1 Å². The molecule has 3 aromatic rings. The van der Waals surface area contributed by atoms with Crippen LogP contribution in [0.4, 0.5) is 5.69 Å². The van der Waals surface area contributed by atoms with E-state index in [2.05, 4.69) is 15.6 Å². The number of imide groups is 1. The van der Waals surface area contributed by atoms with E-state index in [1.54, 1.807) is 31.2 Å². The van der Waals surface area contributed by atoms with Gasteiger partial charge in [-0.05, 0) is 54.8 Å². The Balaban J connectivity index is 1.24. The Hall–Kier alpha value is -5.21. The Morgan fingerprint density at radius 2 is 1.55 bits per heavy atom. The molecule has 58 heavy (non-hydrogen) atoms. The van der Waals surface area contributed by atoms with E-state index in [0.717, 1.165) is 0 Å². The standard InChI is InChI=1S/C39H42N4O13S2/c1-19-38(3,4)25-17-23-30(21-7-9-22(10-8-21)37(47)40-14-16-54-15-13-29(46)56-43-27(44)11-12-28(43)45)24-18-26-32(42-20(2)39(26,5)6)36(58(51,52)53)34(24)55-33(23)35(31(25)41-19)57(48,49)50/h7-10,17-20,41H,11-16H2,1-6H3,(H,40,47)(H,48,49,50)(H,51,52,53). The summed E-state index contributed by atoms with van der Waals surface area (Å²) in [6, 6.07) is 9.01. The zero-order chi connectivity index (χ0) is 42.3. The maximum atomic E-state index is 13.3. The molecule has 308 valence electrons. The van der Waals surface area contributed by atoms with Gasteiger partial charge in [0.2, 0.25) is 0 Å². The van der Waals surface area contributed by atoms with E-state index in [-0.39, 0.29) is 84.0 Å². The van der Waals surface area contributed by atoms with Gasteiger partial charge in [0.25, 0.3) is 38.0 Å². The summed E-state index contributed by atoms with van der Waals surface area (Å²) in [6.45, 7) is 11.3. The van der Waals surface area contributed by atoms with Gasteiger partial charge in [-0.25, -0.2) is 4.79 Å². The molecule has 0 aliphatic carbocycles. The fraction of sp³-hybridized carbons (Fsp3) is 0.410. The third-order valence-corrected chi connectivity index (χ3v) is 13.3. The van der Waals surface area contributed by atoms with E-state index in [4.69, 9.17) is 14.3 Å². The number of amides is 3. The van der Waals surface area contributed by atoms with Crippen molar-refractivity contribution in [1.82, 2.24) is 10.4 Å². The molecule has 4 aliphatic heterocycles. The Morgan fingerprint density at radius 3 is 2.17 bits per heavy atom. The minimum atomic E-state index is -5.06. The predicted molar refractivity (Wildman–Crippen MR) is 205 cm³/mol. The lowest BCUT2D eigenvalue weighted by atomic mass is 9.78. The summed E-state index contributed by atoms with van der Waals surface area (Å²) in [5.41, 5.74) is 1.02. The third-order valence-electron chi connectivity index (χ3n) is 11.5. The number of carbonyl (C=O) groups is 4. The molecule has 0 aromatic heterocycles. The van der Waals surface area contributed by atoms with Crippen molar-refractivity contribution in [1.29, 1.82) is 0 Å². The highest BCUT2D eigenvalue weighted by Crippen LogP contribution is 2.52. The number of hydroxylamine groups is 2. The van der Waals surface area contributed by atoms with Gasteiger partial charge < -0.3 is 24.9 Å². The van der Waals surface area contributed by atoms with Crippen LogP contribution in [0.3, 0.4) is 0 Å². The minimum absolute atomic E-state index is 0.0185. The van der Waals surface area contributed by atoms with Gasteiger partial charge in [0.15, 0.2) is 21.3 Å². The third kappa shape index (κ3) is 6.93. The molecule has 3 aromatic carbocycles. The first kappa shape index (κ1) is 41.0. The molecule has 2 unspecified atom stereocenters. The van der Waals surface area contributed by atoms with Crippen molar-refractivity contribution in [2.45, 2.75) is 93.5 Å². The molecule has 3 amide bonds. The van der Waals surface area contributed by atoms with Crippen LogP contribution >= 0.6 is 0 Å². The van der Waals surface area contributed by atoms with Crippen LogP contribution in [0, 0.1) is 0 Å². The lowest BCUT2D eigenvalue weighted by Gasteiger charge is -2.29. The van der Waals surface area contributed by atoms with Gasteiger partial charge in [-0.1, -0.05) is 39.8 Å². The van der Waals surface area contributed by atoms with Gasteiger partial charge in [0.1, 0.15) is 0 Å². The fourth-order valence-electron chi connectivity index (χ4n) is 7.56. The summed E-state index contributed by atoms with van der Waals surface area (Å²) >= 11 is 0. The van der Waals surface area contributed by atoms with Crippen LogP contribution in [0.15, 0.2) is 51.2 Å². The zero-order valence-electron chi connectivity index (χ0n) is 32.5. The van der Waals surface area contributed by atoms with Gasteiger partial charge in [0.05, 0.1) is 36.7 Å². The Morgan fingerprint density at radius 1 is 0.914 bits per heavy atom. The predicted octanol–water partition coefficient (Wildman–Crippen LogP) is 2.67. The first-order valence-corrected chi connectivity index (χ1v) is 21.3. The lowest BCUT2D eigenvalue weighted by Crippen LogP contribution is -2.33. The van der Waals surface area contributed by atoms with Crippen molar-refractivity contribution in [3.63, 3.8) is 0 Å². The molecule has 0 spiro atoms. The average Bonchev–Trinajstić information content (AvgIpc) is 3.66. The van der Waals surface area contributed by atoms with Gasteiger partial charge in [-0.2, -0.15) is 16.8 Å². The molecule has 7 rings (SSSR count). The van der Waals surface area contributed by atoms with Crippen LogP contribution in [0.25, 0.3) is 5.57 Å². The number of anilines is 1. The number of carbonyl (C=O) groups excluding carboxylic acids is 4. The highest BCUT2D eigenvalue weighted by atomic mass is 32.2. The van der Waals surface area contributed by atoms with Crippen LogP contribution in [0.2, 0.25) is 0 Å². The molecule has 4 N–H and O–H groups in total.